The van der Waals surface area contributed by atoms with Crippen molar-refractivity contribution in [3.05, 3.63) is 36.0 Å². The summed E-state index contributed by atoms with van der Waals surface area (Å²) >= 11 is 1.46. The number of rotatable bonds is 3. The van der Waals surface area contributed by atoms with Gasteiger partial charge in [-0.05, 0) is 24.3 Å². The molecule has 0 bridgehead atoms. The molecule has 5 nitrogen and oxygen atoms in total. The van der Waals surface area contributed by atoms with Crippen LogP contribution in [-0.4, -0.2) is 22.2 Å². The first-order valence-corrected chi connectivity index (χ1v) is 6.12. The zero-order valence-electron chi connectivity index (χ0n) is 9.53. The van der Waals surface area contributed by atoms with E-state index in [-0.39, 0.29) is 0 Å². The molecule has 1 aromatic carbocycles. The minimum absolute atomic E-state index is 0.489. The van der Waals surface area contributed by atoms with Gasteiger partial charge in [0.15, 0.2) is 0 Å². The van der Waals surface area contributed by atoms with Gasteiger partial charge in [0.2, 0.25) is 5.82 Å². The maximum atomic E-state index is 5.20. The van der Waals surface area contributed by atoms with Crippen molar-refractivity contribution >= 4 is 11.3 Å². The molecular weight excluding hydrogens is 250 g/mol. The van der Waals surface area contributed by atoms with Crippen LogP contribution >= 0.6 is 11.3 Å². The van der Waals surface area contributed by atoms with Gasteiger partial charge in [0.05, 0.1) is 18.8 Å². The molecule has 2 aromatic heterocycles. The second-order valence-corrected chi connectivity index (χ2v) is 4.40. The smallest absolute Gasteiger partial charge is 0.269 e. The van der Waals surface area contributed by atoms with Gasteiger partial charge in [-0.3, -0.25) is 4.98 Å². The first-order valence-electron chi connectivity index (χ1n) is 5.24. The van der Waals surface area contributed by atoms with Crippen molar-refractivity contribution in [3.63, 3.8) is 0 Å². The van der Waals surface area contributed by atoms with Gasteiger partial charge >= 0.3 is 0 Å². The van der Waals surface area contributed by atoms with Gasteiger partial charge in [-0.2, -0.15) is 4.98 Å². The fraction of sp³-hybridized carbons (Fsp3) is 0.0833. The van der Waals surface area contributed by atoms with E-state index in [0.29, 0.717) is 11.7 Å². The summed E-state index contributed by atoms with van der Waals surface area (Å²) in [6.45, 7) is 0. The molecule has 0 saturated carbocycles. The topological polar surface area (TPSA) is 61.0 Å². The lowest BCUT2D eigenvalue weighted by Gasteiger charge is -1.98. The first-order chi connectivity index (χ1) is 8.86. The third-order valence-electron chi connectivity index (χ3n) is 2.42. The summed E-state index contributed by atoms with van der Waals surface area (Å²) in [5.74, 6) is 1.84. The van der Waals surface area contributed by atoms with Gasteiger partial charge in [0, 0.05) is 5.56 Å². The number of thiazole rings is 1. The highest BCUT2D eigenvalue weighted by Gasteiger charge is 2.11. The highest BCUT2D eigenvalue weighted by molar-refractivity contribution is 7.13. The fourth-order valence-electron chi connectivity index (χ4n) is 1.50. The van der Waals surface area contributed by atoms with E-state index in [2.05, 4.69) is 15.1 Å². The number of nitrogens with zero attached hydrogens (tertiary/aromatic N) is 3. The van der Waals surface area contributed by atoms with Crippen LogP contribution in [0, 0.1) is 0 Å². The lowest BCUT2D eigenvalue weighted by atomic mass is 10.2. The van der Waals surface area contributed by atoms with Crippen LogP contribution in [0.1, 0.15) is 0 Å². The van der Waals surface area contributed by atoms with Crippen molar-refractivity contribution in [3.8, 4) is 27.9 Å². The Morgan fingerprint density at radius 1 is 1.22 bits per heavy atom. The predicted molar refractivity (Wildman–Crippen MR) is 67.4 cm³/mol. The van der Waals surface area contributed by atoms with Crippen molar-refractivity contribution in [2.45, 2.75) is 0 Å². The highest BCUT2D eigenvalue weighted by Crippen LogP contribution is 2.25. The third-order valence-corrected chi connectivity index (χ3v) is 3.18. The molecule has 3 rings (SSSR count). The molecule has 0 unspecified atom stereocenters. The first kappa shape index (κ1) is 10.9. The summed E-state index contributed by atoms with van der Waals surface area (Å²) in [7, 11) is 1.63. The lowest BCUT2D eigenvalue weighted by molar-refractivity contribution is 0.415. The molecule has 0 fully saturated rings. The van der Waals surface area contributed by atoms with Crippen molar-refractivity contribution in [2.24, 2.45) is 0 Å². The summed E-state index contributed by atoms with van der Waals surface area (Å²) in [6.07, 6.45) is 1.70. The summed E-state index contributed by atoms with van der Waals surface area (Å²) in [4.78, 5) is 9.17. The Labute approximate surface area is 107 Å². The average Bonchev–Trinajstić information content (AvgIpc) is 3.09. The fourth-order valence-corrected chi connectivity index (χ4v) is 2.04. The monoisotopic (exact) mass is 259 g/mol. The molecule has 0 aliphatic rings. The van der Waals surface area contributed by atoms with Crippen molar-refractivity contribution in [1.82, 2.24) is 15.1 Å². The van der Waals surface area contributed by atoms with E-state index in [4.69, 9.17) is 9.26 Å². The summed E-state index contributed by atoms with van der Waals surface area (Å²) in [6, 6.07) is 7.50. The second kappa shape index (κ2) is 4.58. The SMILES string of the molecule is COc1ccc(-c2noc(-c3cncs3)n2)cc1. The maximum absolute atomic E-state index is 5.20. The highest BCUT2D eigenvalue weighted by atomic mass is 32.1. The van der Waals surface area contributed by atoms with Gasteiger partial charge in [-0.25, -0.2) is 0 Å². The zero-order valence-corrected chi connectivity index (χ0v) is 10.3. The quantitative estimate of drug-likeness (QED) is 0.723. The van der Waals surface area contributed by atoms with Crippen LogP contribution in [0.25, 0.3) is 22.2 Å². The maximum Gasteiger partial charge on any atom is 0.269 e. The van der Waals surface area contributed by atoms with Crippen LogP contribution in [0.2, 0.25) is 0 Å². The summed E-state index contributed by atoms with van der Waals surface area (Å²) in [5, 5.41) is 3.95. The third kappa shape index (κ3) is 1.98. The summed E-state index contributed by atoms with van der Waals surface area (Å²) < 4.78 is 10.3. The van der Waals surface area contributed by atoms with Gasteiger partial charge in [0.1, 0.15) is 10.6 Å². The largest absolute Gasteiger partial charge is 0.497 e. The van der Waals surface area contributed by atoms with E-state index < -0.39 is 0 Å². The molecule has 0 spiro atoms. The molecule has 0 aliphatic heterocycles. The predicted octanol–water partition coefficient (Wildman–Crippen LogP) is 2.87. The molecule has 0 aliphatic carbocycles. The number of hydrogen-bond donors (Lipinski definition) is 0. The Bertz CT molecular complexity index is 632. The Morgan fingerprint density at radius 3 is 2.72 bits per heavy atom. The second-order valence-electron chi connectivity index (χ2n) is 3.52. The molecule has 0 N–H and O–H groups in total. The van der Waals surface area contributed by atoms with E-state index in [1.807, 2.05) is 24.3 Å². The van der Waals surface area contributed by atoms with Crippen molar-refractivity contribution in [1.29, 1.82) is 0 Å². The molecule has 0 amide bonds. The standard InChI is InChI=1S/C12H9N3O2S/c1-16-9-4-2-8(3-5-9)11-14-12(17-15-11)10-6-13-7-18-10/h2-7H,1H3. The molecule has 0 atom stereocenters. The number of methoxy groups -OCH3 is 1. The molecule has 18 heavy (non-hydrogen) atoms. The molecule has 0 saturated heterocycles. The van der Waals surface area contributed by atoms with E-state index in [0.717, 1.165) is 16.2 Å². The number of aromatic nitrogens is 3. The van der Waals surface area contributed by atoms with Crippen LogP contribution in [0.5, 0.6) is 5.75 Å². The number of benzene rings is 1. The van der Waals surface area contributed by atoms with Crippen LogP contribution in [0.3, 0.4) is 0 Å². The Kier molecular flexibility index (Phi) is 2.77. The molecule has 3 aromatic rings. The lowest BCUT2D eigenvalue weighted by Crippen LogP contribution is -1.84. The van der Waals surface area contributed by atoms with E-state index >= 15 is 0 Å². The number of ether oxygens (including phenoxy) is 1. The average molecular weight is 259 g/mol. The Morgan fingerprint density at radius 2 is 2.06 bits per heavy atom. The van der Waals surface area contributed by atoms with Crippen LogP contribution in [-0.2, 0) is 0 Å². The van der Waals surface area contributed by atoms with E-state index in [1.54, 1.807) is 18.8 Å². The minimum atomic E-state index is 0.489. The van der Waals surface area contributed by atoms with Gasteiger partial charge in [-0.15, -0.1) is 11.3 Å². The van der Waals surface area contributed by atoms with Gasteiger partial charge in [0.25, 0.3) is 5.89 Å². The summed E-state index contributed by atoms with van der Waals surface area (Å²) in [5.41, 5.74) is 2.61. The minimum Gasteiger partial charge on any atom is -0.497 e. The van der Waals surface area contributed by atoms with Crippen LogP contribution < -0.4 is 4.74 Å². The van der Waals surface area contributed by atoms with Crippen molar-refractivity contribution < 1.29 is 9.26 Å². The van der Waals surface area contributed by atoms with Gasteiger partial charge < -0.3 is 9.26 Å². The van der Waals surface area contributed by atoms with Crippen LogP contribution in [0.4, 0.5) is 0 Å². The number of hydrogen-bond acceptors (Lipinski definition) is 6. The Balaban J connectivity index is 1.92. The molecule has 6 heteroatoms. The molecular formula is C12H9N3O2S. The molecule has 0 radical (unpaired) electrons. The normalized spacial score (nSPS) is 10.5. The Hall–Kier alpha value is -2.21. The van der Waals surface area contributed by atoms with Gasteiger partial charge in [-0.1, -0.05) is 5.16 Å². The van der Waals surface area contributed by atoms with E-state index in [9.17, 15) is 0 Å². The van der Waals surface area contributed by atoms with Crippen LogP contribution in [0.15, 0.2) is 40.5 Å². The zero-order chi connectivity index (χ0) is 12.4. The van der Waals surface area contributed by atoms with E-state index in [1.165, 1.54) is 11.3 Å². The molecule has 90 valence electrons. The molecule has 2 heterocycles. The van der Waals surface area contributed by atoms with Crippen molar-refractivity contribution in [2.75, 3.05) is 7.11 Å².